The molecule has 27 heavy (non-hydrogen) atoms. The Morgan fingerprint density at radius 1 is 1.30 bits per heavy atom. The SMILES string of the molecule is CC1Oc2ccccc2N(CCC(=O)NC(CN)C2CCCCC2)C1=O.Cl. The van der Waals surface area contributed by atoms with Crippen molar-refractivity contribution in [3.05, 3.63) is 24.3 Å². The van der Waals surface area contributed by atoms with Gasteiger partial charge in [0.2, 0.25) is 5.91 Å². The summed E-state index contributed by atoms with van der Waals surface area (Å²) in [6, 6.07) is 7.48. The molecule has 1 saturated carbocycles. The van der Waals surface area contributed by atoms with Gasteiger partial charge >= 0.3 is 0 Å². The molecule has 0 bridgehead atoms. The number of fused-ring (bicyclic) bond motifs is 1. The lowest BCUT2D eigenvalue weighted by Gasteiger charge is -2.33. The third-order valence-corrected chi connectivity index (χ3v) is 5.46. The maximum atomic E-state index is 12.5. The van der Waals surface area contributed by atoms with Crippen molar-refractivity contribution >= 4 is 29.9 Å². The van der Waals surface area contributed by atoms with Crippen molar-refractivity contribution in [3.63, 3.8) is 0 Å². The van der Waals surface area contributed by atoms with Crippen LogP contribution in [0, 0.1) is 5.92 Å². The third kappa shape index (κ3) is 5.14. The smallest absolute Gasteiger partial charge is 0.267 e. The zero-order chi connectivity index (χ0) is 18.5. The van der Waals surface area contributed by atoms with Crippen molar-refractivity contribution in [2.24, 2.45) is 11.7 Å². The Labute approximate surface area is 167 Å². The Hall–Kier alpha value is -1.79. The van der Waals surface area contributed by atoms with Crippen molar-refractivity contribution < 1.29 is 14.3 Å². The van der Waals surface area contributed by atoms with Crippen molar-refractivity contribution in [1.29, 1.82) is 0 Å². The van der Waals surface area contributed by atoms with Gasteiger partial charge in [0.15, 0.2) is 6.10 Å². The van der Waals surface area contributed by atoms with Gasteiger partial charge in [-0.15, -0.1) is 12.4 Å². The standard InChI is InChI=1S/C20H29N3O3.ClH/c1-14-20(25)23(17-9-5-6-10-18(17)26-14)12-11-19(24)22-16(13-21)15-7-3-2-4-8-15;/h5-6,9-10,14-16H,2-4,7-8,11-13,21H2,1H3,(H,22,24);1H. The molecule has 2 aliphatic rings. The van der Waals surface area contributed by atoms with E-state index >= 15 is 0 Å². The molecule has 2 amide bonds. The fourth-order valence-corrected chi connectivity index (χ4v) is 3.99. The predicted molar refractivity (Wildman–Crippen MR) is 108 cm³/mol. The maximum Gasteiger partial charge on any atom is 0.267 e. The fraction of sp³-hybridized carbons (Fsp3) is 0.600. The summed E-state index contributed by atoms with van der Waals surface area (Å²) in [7, 11) is 0. The minimum Gasteiger partial charge on any atom is -0.479 e. The topological polar surface area (TPSA) is 84.7 Å². The van der Waals surface area contributed by atoms with Crippen LogP contribution < -0.4 is 20.7 Å². The van der Waals surface area contributed by atoms with E-state index in [0.29, 0.717) is 24.8 Å². The lowest BCUT2D eigenvalue weighted by atomic mass is 9.84. The van der Waals surface area contributed by atoms with Crippen LogP contribution in [0.4, 0.5) is 5.69 Å². The number of nitrogens with two attached hydrogens (primary N) is 1. The monoisotopic (exact) mass is 395 g/mol. The summed E-state index contributed by atoms with van der Waals surface area (Å²) in [4.78, 5) is 26.6. The fourth-order valence-electron chi connectivity index (χ4n) is 3.99. The minimum atomic E-state index is -0.535. The van der Waals surface area contributed by atoms with E-state index in [-0.39, 0.29) is 36.7 Å². The average Bonchev–Trinajstić information content (AvgIpc) is 2.67. The molecule has 1 aliphatic heterocycles. The summed E-state index contributed by atoms with van der Waals surface area (Å²) >= 11 is 0. The predicted octanol–water partition coefficient (Wildman–Crippen LogP) is 2.64. The van der Waals surface area contributed by atoms with Crippen LogP contribution in [0.1, 0.15) is 45.4 Å². The van der Waals surface area contributed by atoms with Crippen molar-refractivity contribution in [2.45, 2.75) is 57.6 Å². The van der Waals surface area contributed by atoms with Gasteiger partial charge in [0.1, 0.15) is 5.75 Å². The summed E-state index contributed by atoms with van der Waals surface area (Å²) < 4.78 is 5.63. The van der Waals surface area contributed by atoms with Gasteiger partial charge in [0, 0.05) is 25.6 Å². The van der Waals surface area contributed by atoms with E-state index in [2.05, 4.69) is 5.32 Å². The van der Waals surface area contributed by atoms with Gasteiger partial charge in [-0.2, -0.15) is 0 Å². The Bertz CT molecular complexity index is 649. The number of para-hydroxylation sites is 2. The van der Waals surface area contributed by atoms with Crippen molar-refractivity contribution in [2.75, 3.05) is 18.0 Å². The highest BCUT2D eigenvalue weighted by Crippen LogP contribution is 2.33. The van der Waals surface area contributed by atoms with Gasteiger partial charge in [-0.25, -0.2) is 0 Å². The lowest BCUT2D eigenvalue weighted by molar-refractivity contribution is -0.125. The van der Waals surface area contributed by atoms with Gasteiger partial charge in [0.25, 0.3) is 5.91 Å². The Morgan fingerprint density at radius 3 is 2.70 bits per heavy atom. The lowest BCUT2D eigenvalue weighted by Crippen LogP contribution is -2.48. The van der Waals surface area contributed by atoms with Crippen LogP contribution in [-0.2, 0) is 9.59 Å². The number of nitrogens with one attached hydrogen (secondary N) is 1. The molecule has 3 rings (SSSR count). The molecule has 150 valence electrons. The Morgan fingerprint density at radius 2 is 2.00 bits per heavy atom. The third-order valence-electron chi connectivity index (χ3n) is 5.46. The van der Waals surface area contributed by atoms with Crippen LogP contribution in [0.2, 0.25) is 0 Å². The molecule has 1 aromatic rings. The number of rotatable bonds is 6. The zero-order valence-electron chi connectivity index (χ0n) is 15.9. The molecule has 2 atom stereocenters. The second-order valence-electron chi connectivity index (χ2n) is 7.28. The van der Waals surface area contributed by atoms with Crippen LogP contribution in [0.25, 0.3) is 0 Å². The second kappa shape index (κ2) is 9.95. The highest BCUT2D eigenvalue weighted by Gasteiger charge is 2.31. The molecule has 7 heteroatoms. The van der Waals surface area contributed by atoms with Crippen LogP contribution in [0.15, 0.2) is 24.3 Å². The van der Waals surface area contributed by atoms with Crippen LogP contribution in [0.5, 0.6) is 5.75 Å². The van der Waals surface area contributed by atoms with Gasteiger partial charge in [-0.05, 0) is 37.8 Å². The molecule has 1 aromatic carbocycles. The summed E-state index contributed by atoms with van der Waals surface area (Å²) in [5.41, 5.74) is 6.63. The summed E-state index contributed by atoms with van der Waals surface area (Å²) in [6.45, 7) is 2.54. The molecule has 1 aliphatic carbocycles. The molecular weight excluding hydrogens is 366 g/mol. The number of anilines is 1. The number of hydrogen-bond acceptors (Lipinski definition) is 4. The zero-order valence-corrected chi connectivity index (χ0v) is 16.7. The number of ether oxygens (including phenoxy) is 1. The first kappa shape index (κ1) is 21.5. The number of carbonyl (C=O) groups excluding carboxylic acids is 2. The van der Waals surface area contributed by atoms with E-state index in [1.165, 1.54) is 19.3 Å². The Balaban J connectivity index is 0.00000261. The van der Waals surface area contributed by atoms with Gasteiger partial charge < -0.3 is 20.7 Å². The van der Waals surface area contributed by atoms with E-state index in [1.807, 2.05) is 24.3 Å². The number of benzene rings is 1. The molecule has 0 saturated heterocycles. The molecule has 1 fully saturated rings. The molecule has 0 spiro atoms. The number of hydrogen-bond donors (Lipinski definition) is 2. The number of nitrogens with zero attached hydrogens (tertiary/aromatic N) is 1. The van der Waals surface area contributed by atoms with Crippen LogP contribution in [-0.4, -0.2) is 37.0 Å². The summed E-state index contributed by atoms with van der Waals surface area (Å²) in [6.07, 6.45) is 5.70. The number of halogens is 1. The van der Waals surface area contributed by atoms with E-state index in [0.717, 1.165) is 18.5 Å². The van der Waals surface area contributed by atoms with Crippen molar-refractivity contribution in [3.8, 4) is 5.75 Å². The first-order valence-electron chi connectivity index (χ1n) is 9.66. The highest BCUT2D eigenvalue weighted by molar-refractivity contribution is 6.00. The van der Waals surface area contributed by atoms with Gasteiger partial charge in [0.05, 0.1) is 5.69 Å². The van der Waals surface area contributed by atoms with Crippen LogP contribution in [0.3, 0.4) is 0 Å². The van der Waals surface area contributed by atoms with Crippen LogP contribution >= 0.6 is 12.4 Å². The quantitative estimate of drug-likeness (QED) is 0.775. The molecule has 6 nitrogen and oxygen atoms in total. The molecule has 0 aromatic heterocycles. The largest absolute Gasteiger partial charge is 0.479 e. The second-order valence-corrected chi connectivity index (χ2v) is 7.28. The molecule has 3 N–H and O–H groups in total. The minimum absolute atomic E-state index is 0. The van der Waals surface area contributed by atoms with E-state index in [9.17, 15) is 9.59 Å². The first-order chi connectivity index (χ1) is 12.6. The van der Waals surface area contributed by atoms with Gasteiger partial charge in [-0.1, -0.05) is 31.4 Å². The highest BCUT2D eigenvalue weighted by atomic mass is 35.5. The molecule has 1 heterocycles. The van der Waals surface area contributed by atoms with E-state index in [1.54, 1.807) is 11.8 Å². The van der Waals surface area contributed by atoms with E-state index in [4.69, 9.17) is 10.5 Å². The molecule has 2 unspecified atom stereocenters. The maximum absolute atomic E-state index is 12.5. The molecular formula is C20H30ClN3O3. The normalized spacial score (nSPS) is 20.9. The molecule has 0 radical (unpaired) electrons. The summed E-state index contributed by atoms with van der Waals surface area (Å²) in [5, 5.41) is 3.09. The van der Waals surface area contributed by atoms with E-state index < -0.39 is 6.10 Å². The first-order valence-corrected chi connectivity index (χ1v) is 9.66. The summed E-state index contributed by atoms with van der Waals surface area (Å²) in [5.74, 6) is 1.00. The Kier molecular flexibility index (Phi) is 7.92. The van der Waals surface area contributed by atoms with Crippen molar-refractivity contribution in [1.82, 2.24) is 5.32 Å². The van der Waals surface area contributed by atoms with Gasteiger partial charge in [-0.3, -0.25) is 9.59 Å². The number of amides is 2. The number of carbonyl (C=O) groups is 2. The average molecular weight is 396 g/mol.